The number of hydrogen-bond acceptors (Lipinski definition) is 5. The first-order chi connectivity index (χ1) is 8.58. The van der Waals surface area contributed by atoms with Gasteiger partial charge in [0.2, 0.25) is 10.0 Å². The predicted octanol–water partition coefficient (Wildman–Crippen LogP) is 0.661. The maximum absolute atomic E-state index is 11.9. The Kier molecular flexibility index (Phi) is 3.54. The first kappa shape index (κ1) is 12.5. The lowest BCUT2D eigenvalue weighted by molar-refractivity contribution is 0.473. The third-order valence-corrected chi connectivity index (χ3v) is 3.60. The molecule has 0 aliphatic rings. The van der Waals surface area contributed by atoms with E-state index >= 15 is 0 Å². The Morgan fingerprint density at radius 3 is 2.72 bits per heavy atom. The van der Waals surface area contributed by atoms with Crippen LogP contribution < -0.4 is 4.72 Å². The molecule has 1 aromatic carbocycles. The summed E-state index contributed by atoms with van der Waals surface area (Å²) in [7, 11) is -3.66. The quantitative estimate of drug-likeness (QED) is 0.847. The van der Waals surface area contributed by atoms with Crippen molar-refractivity contribution in [2.24, 2.45) is 0 Å². The van der Waals surface area contributed by atoms with Gasteiger partial charge in [0, 0.05) is 6.20 Å². The molecular formula is C11H11N3O3S. The van der Waals surface area contributed by atoms with Crippen molar-refractivity contribution in [3.8, 4) is 5.75 Å². The number of phenolic OH excluding ortho intramolecular Hbond substituents is 1. The van der Waals surface area contributed by atoms with Crippen LogP contribution in [0.15, 0.2) is 47.5 Å². The Bertz CT molecular complexity index is 629. The second-order valence-corrected chi connectivity index (χ2v) is 5.30. The van der Waals surface area contributed by atoms with Crippen LogP contribution in [-0.4, -0.2) is 23.7 Å². The molecule has 0 atom stereocenters. The predicted molar refractivity (Wildman–Crippen MR) is 64.2 cm³/mol. The summed E-state index contributed by atoms with van der Waals surface area (Å²) in [4.78, 5) is 0.00592. The lowest BCUT2D eigenvalue weighted by Crippen LogP contribution is -2.23. The fourth-order valence-corrected chi connectivity index (χ4v) is 2.37. The van der Waals surface area contributed by atoms with Gasteiger partial charge in [-0.1, -0.05) is 6.07 Å². The second-order valence-electron chi connectivity index (χ2n) is 3.54. The molecule has 7 heteroatoms. The minimum atomic E-state index is -3.66. The topological polar surface area (TPSA) is 92.2 Å². The molecule has 0 saturated heterocycles. The van der Waals surface area contributed by atoms with Crippen molar-refractivity contribution in [3.05, 3.63) is 48.3 Å². The maximum atomic E-state index is 11.9. The summed E-state index contributed by atoms with van der Waals surface area (Å²) in [5, 5.41) is 16.7. The molecule has 0 spiro atoms. The molecule has 2 rings (SSSR count). The Morgan fingerprint density at radius 2 is 2.06 bits per heavy atom. The van der Waals surface area contributed by atoms with Crippen molar-refractivity contribution in [1.29, 1.82) is 0 Å². The summed E-state index contributed by atoms with van der Waals surface area (Å²) in [6.07, 6.45) is 1.51. The Hall–Kier alpha value is -1.99. The third-order valence-electron chi connectivity index (χ3n) is 2.20. The zero-order chi connectivity index (χ0) is 13.0. The normalized spacial score (nSPS) is 11.3. The molecule has 2 aromatic rings. The first-order valence-electron chi connectivity index (χ1n) is 5.13. The summed E-state index contributed by atoms with van der Waals surface area (Å²) in [6, 6.07) is 8.79. The van der Waals surface area contributed by atoms with E-state index in [1.807, 2.05) is 0 Å². The molecule has 1 aromatic heterocycles. The van der Waals surface area contributed by atoms with Gasteiger partial charge in [-0.05, 0) is 30.3 Å². The number of aromatic hydroxyl groups is 1. The summed E-state index contributed by atoms with van der Waals surface area (Å²) in [6.45, 7) is 0.0474. The third kappa shape index (κ3) is 3.02. The number of hydrogen-bond donors (Lipinski definition) is 2. The molecule has 0 bridgehead atoms. The molecule has 1 heterocycles. The second kappa shape index (κ2) is 5.11. The summed E-state index contributed by atoms with van der Waals surface area (Å²) < 4.78 is 26.2. The van der Waals surface area contributed by atoms with E-state index in [4.69, 9.17) is 0 Å². The lowest BCUT2D eigenvalue weighted by atomic mass is 10.3. The average Bonchev–Trinajstić information content (AvgIpc) is 2.38. The van der Waals surface area contributed by atoms with Crippen molar-refractivity contribution >= 4 is 10.0 Å². The zero-order valence-electron chi connectivity index (χ0n) is 9.31. The van der Waals surface area contributed by atoms with Crippen molar-refractivity contribution in [1.82, 2.24) is 14.9 Å². The van der Waals surface area contributed by atoms with Crippen LogP contribution in [0.3, 0.4) is 0 Å². The van der Waals surface area contributed by atoms with Crippen LogP contribution in [0, 0.1) is 0 Å². The molecule has 18 heavy (non-hydrogen) atoms. The standard InChI is InChI=1S/C11H11N3O3S/c15-10-4-1-5-11(7-10)18(16,17)13-8-9-3-2-6-12-14-9/h1-7,13,15H,8H2. The largest absolute Gasteiger partial charge is 0.508 e. The Balaban J connectivity index is 2.13. The molecule has 6 nitrogen and oxygen atoms in total. The van der Waals surface area contributed by atoms with E-state index in [9.17, 15) is 13.5 Å². The SMILES string of the molecule is O=S(=O)(NCc1cccnn1)c1cccc(O)c1. The molecule has 0 saturated carbocycles. The van der Waals surface area contributed by atoms with Crippen molar-refractivity contribution in [2.75, 3.05) is 0 Å². The van der Waals surface area contributed by atoms with Crippen LogP contribution in [0.5, 0.6) is 5.75 Å². The number of aromatic nitrogens is 2. The van der Waals surface area contributed by atoms with E-state index in [-0.39, 0.29) is 17.2 Å². The highest BCUT2D eigenvalue weighted by Gasteiger charge is 2.14. The fourth-order valence-electron chi connectivity index (χ4n) is 1.33. The van der Waals surface area contributed by atoms with Gasteiger partial charge in [0.25, 0.3) is 0 Å². The van der Waals surface area contributed by atoms with E-state index in [0.717, 1.165) is 0 Å². The van der Waals surface area contributed by atoms with Crippen molar-refractivity contribution < 1.29 is 13.5 Å². The zero-order valence-corrected chi connectivity index (χ0v) is 10.1. The molecule has 0 unspecified atom stereocenters. The van der Waals surface area contributed by atoms with Gasteiger partial charge in [-0.3, -0.25) is 0 Å². The highest BCUT2D eigenvalue weighted by molar-refractivity contribution is 7.89. The van der Waals surface area contributed by atoms with Crippen LogP contribution in [0.1, 0.15) is 5.69 Å². The van der Waals surface area contributed by atoms with Crippen molar-refractivity contribution in [2.45, 2.75) is 11.4 Å². The van der Waals surface area contributed by atoms with E-state index in [2.05, 4.69) is 14.9 Å². The van der Waals surface area contributed by atoms with Crippen LogP contribution >= 0.6 is 0 Å². The monoisotopic (exact) mass is 265 g/mol. The van der Waals surface area contributed by atoms with Gasteiger partial charge in [0.05, 0.1) is 17.1 Å². The molecule has 2 N–H and O–H groups in total. The molecule has 0 aliphatic carbocycles. The lowest BCUT2D eigenvalue weighted by Gasteiger charge is -2.06. The number of benzene rings is 1. The number of sulfonamides is 1. The van der Waals surface area contributed by atoms with E-state index < -0.39 is 10.0 Å². The molecule has 0 fully saturated rings. The average molecular weight is 265 g/mol. The number of rotatable bonds is 4. The van der Waals surface area contributed by atoms with E-state index in [1.165, 1.54) is 30.5 Å². The van der Waals surface area contributed by atoms with Gasteiger partial charge < -0.3 is 5.11 Å². The Morgan fingerprint density at radius 1 is 1.22 bits per heavy atom. The van der Waals surface area contributed by atoms with Crippen LogP contribution in [0.4, 0.5) is 0 Å². The van der Waals surface area contributed by atoms with E-state index in [1.54, 1.807) is 12.1 Å². The first-order valence-corrected chi connectivity index (χ1v) is 6.61. The summed E-state index contributed by atoms with van der Waals surface area (Å²) in [5.74, 6) is -0.0997. The van der Waals surface area contributed by atoms with Crippen LogP contribution in [0.2, 0.25) is 0 Å². The molecule has 94 valence electrons. The molecular weight excluding hydrogens is 254 g/mol. The van der Waals surface area contributed by atoms with Gasteiger partial charge in [0.15, 0.2) is 0 Å². The summed E-state index contributed by atoms with van der Waals surface area (Å²) >= 11 is 0. The minimum absolute atomic E-state index is 0.00592. The molecule has 0 radical (unpaired) electrons. The van der Waals surface area contributed by atoms with Crippen LogP contribution in [0.25, 0.3) is 0 Å². The maximum Gasteiger partial charge on any atom is 0.241 e. The number of nitrogens with one attached hydrogen (secondary N) is 1. The summed E-state index contributed by atoms with van der Waals surface area (Å²) in [5.41, 5.74) is 0.515. The van der Waals surface area contributed by atoms with Crippen molar-refractivity contribution in [3.63, 3.8) is 0 Å². The van der Waals surface area contributed by atoms with E-state index in [0.29, 0.717) is 5.69 Å². The van der Waals surface area contributed by atoms with Gasteiger partial charge in [-0.2, -0.15) is 10.2 Å². The van der Waals surface area contributed by atoms with Gasteiger partial charge in [-0.25, -0.2) is 13.1 Å². The highest BCUT2D eigenvalue weighted by atomic mass is 32.2. The molecule has 0 aliphatic heterocycles. The smallest absolute Gasteiger partial charge is 0.241 e. The number of nitrogens with zero attached hydrogens (tertiary/aromatic N) is 2. The van der Waals surface area contributed by atoms with Gasteiger partial charge >= 0.3 is 0 Å². The fraction of sp³-hybridized carbons (Fsp3) is 0.0909. The highest BCUT2D eigenvalue weighted by Crippen LogP contribution is 2.15. The number of phenols is 1. The Labute approximate surface area is 104 Å². The van der Waals surface area contributed by atoms with Gasteiger partial charge in [-0.15, -0.1) is 0 Å². The minimum Gasteiger partial charge on any atom is -0.508 e. The molecule has 0 amide bonds. The van der Waals surface area contributed by atoms with Gasteiger partial charge in [0.1, 0.15) is 5.75 Å². The van der Waals surface area contributed by atoms with Crippen LogP contribution in [-0.2, 0) is 16.6 Å².